The van der Waals surface area contributed by atoms with Gasteiger partial charge in [-0.15, -0.1) is 0 Å². The molecule has 3 heterocycles. The molecule has 0 aliphatic carbocycles. The molecule has 1 aromatic heterocycles. The summed E-state index contributed by atoms with van der Waals surface area (Å²) in [6, 6.07) is 35.0. The van der Waals surface area contributed by atoms with E-state index in [9.17, 15) is 10.2 Å². The molecule has 0 bridgehead atoms. The maximum Gasteiger partial charge on any atom is 0.184 e. The summed E-state index contributed by atoms with van der Waals surface area (Å²) in [5, 5.41) is 23.6. The number of benzene rings is 4. The maximum absolute atomic E-state index is 11.8. The molecule has 2 aliphatic heterocycles. The van der Waals surface area contributed by atoms with Gasteiger partial charge in [0.2, 0.25) is 0 Å². The molecule has 0 spiro atoms. The zero-order valence-corrected chi connectivity index (χ0v) is 21.8. The van der Waals surface area contributed by atoms with Crippen molar-refractivity contribution in [3.05, 3.63) is 149 Å². The summed E-state index contributed by atoms with van der Waals surface area (Å²) in [6.45, 7) is 0. The second kappa shape index (κ2) is 9.70. The van der Waals surface area contributed by atoms with Crippen LogP contribution in [0.2, 0.25) is 0 Å². The number of aromatic nitrogens is 1. The number of pyridine rings is 1. The van der Waals surface area contributed by atoms with Crippen LogP contribution in [0.3, 0.4) is 0 Å². The van der Waals surface area contributed by atoms with E-state index in [2.05, 4.69) is 28.7 Å². The van der Waals surface area contributed by atoms with Crippen molar-refractivity contribution in [3.63, 3.8) is 0 Å². The van der Waals surface area contributed by atoms with E-state index >= 15 is 0 Å². The van der Waals surface area contributed by atoms with Crippen LogP contribution >= 0.6 is 0 Å². The zero-order chi connectivity index (χ0) is 27.9. The van der Waals surface area contributed by atoms with Crippen molar-refractivity contribution in [2.75, 3.05) is 0 Å². The van der Waals surface area contributed by atoms with E-state index < -0.39 is 11.2 Å². The molecule has 0 amide bonds. The second-order valence-electron chi connectivity index (χ2n) is 9.85. The van der Waals surface area contributed by atoms with E-state index in [1.807, 2.05) is 109 Å². The fourth-order valence-corrected chi connectivity index (χ4v) is 5.28. The Bertz CT molecular complexity index is 1850. The lowest BCUT2D eigenvalue weighted by Crippen LogP contribution is -2.29. The highest BCUT2D eigenvalue weighted by atomic mass is 16.5. The summed E-state index contributed by atoms with van der Waals surface area (Å²) in [7, 11) is 0. The van der Waals surface area contributed by atoms with Crippen molar-refractivity contribution in [1.82, 2.24) is 4.98 Å². The number of hydrogen-bond donors (Lipinski definition) is 2. The van der Waals surface area contributed by atoms with Crippen molar-refractivity contribution in [2.45, 2.75) is 17.6 Å². The van der Waals surface area contributed by atoms with Gasteiger partial charge in [0.15, 0.2) is 11.2 Å². The van der Waals surface area contributed by atoms with Gasteiger partial charge in [-0.25, -0.2) is 4.98 Å². The van der Waals surface area contributed by atoms with Gasteiger partial charge in [-0.05, 0) is 42.3 Å². The van der Waals surface area contributed by atoms with E-state index in [1.165, 1.54) is 0 Å². The Morgan fingerprint density at radius 1 is 0.537 bits per heavy atom. The van der Waals surface area contributed by atoms with E-state index in [0.29, 0.717) is 63.1 Å². The zero-order valence-electron chi connectivity index (χ0n) is 21.8. The van der Waals surface area contributed by atoms with Crippen LogP contribution in [0.15, 0.2) is 115 Å². The van der Waals surface area contributed by atoms with Crippen LogP contribution in [-0.2, 0) is 17.6 Å². The molecule has 7 rings (SSSR count). The van der Waals surface area contributed by atoms with Crippen LogP contribution in [0, 0.1) is 23.7 Å². The van der Waals surface area contributed by atoms with Gasteiger partial charge in [0.05, 0.1) is 12.1 Å². The third kappa shape index (κ3) is 4.22. The molecule has 0 atom stereocenters. The number of hydrogen-bond acceptors (Lipinski definition) is 5. The van der Waals surface area contributed by atoms with Crippen LogP contribution in [0.1, 0.15) is 33.6 Å². The molecular weight excluding hydrogens is 510 g/mol. The third-order valence-electron chi connectivity index (χ3n) is 7.26. The van der Waals surface area contributed by atoms with Crippen molar-refractivity contribution in [3.8, 4) is 46.7 Å². The summed E-state index contributed by atoms with van der Waals surface area (Å²) in [5.41, 5.74) is 0.484. The molecule has 0 saturated carbocycles. The van der Waals surface area contributed by atoms with Gasteiger partial charge in [0, 0.05) is 22.3 Å². The monoisotopic (exact) mass is 533 g/mol. The Kier molecular flexibility index (Phi) is 5.84. The molecule has 0 unspecified atom stereocenters. The molecule has 4 aromatic carbocycles. The normalized spacial score (nSPS) is 14.6. The standard InChI is InChI=1S/C36H23NO4/c38-35(27-14-1-5-18-31(27)40-32-19-6-2-15-28(32)35)23-10-13-25-11-9-12-26(37-25)22-24-36(39)29-16-3-7-20-33(29)41-34-21-8-4-17-30(34)36/h1-9,11-12,14-21,38-39H,13H2. The molecule has 41 heavy (non-hydrogen) atoms. The molecule has 0 fully saturated rings. The summed E-state index contributed by atoms with van der Waals surface area (Å²) >= 11 is 0. The number of aliphatic hydroxyl groups is 2. The maximum atomic E-state index is 11.8. The van der Waals surface area contributed by atoms with Crippen LogP contribution in [0.25, 0.3) is 0 Å². The second-order valence-corrected chi connectivity index (χ2v) is 9.85. The lowest BCUT2D eigenvalue weighted by atomic mass is 9.84. The average molecular weight is 534 g/mol. The first kappa shape index (κ1) is 24.7. The number of para-hydroxylation sites is 4. The van der Waals surface area contributed by atoms with Gasteiger partial charge in [-0.3, -0.25) is 0 Å². The SMILES string of the molecule is OC1(C#CCc2cccc(C#CC3(O)c4ccccc4Oc4ccccc43)n2)c2ccccc2Oc2ccccc21. The van der Waals surface area contributed by atoms with E-state index in [-0.39, 0.29) is 0 Å². The van der Waals surface area contributed by atoms with Gasteiger partial charge >= 0.3 is 0 Å². The third-order valence-corrected chi connectivity index (χ3v) is 7.26. The predicted octanol–water partition coefficient (Wildman–Crippen LogP) is 6.06. The van der Waals surface area contributed by atoms with Gasteiger partial charge in [0.1, 0.15) is 28.7 Å². The topological polar surface area (TPSA) is 71.8 Å². The van der Waals surface area contributed by atoms with E-state index in [0.717, 1.165) is 0 Å². The van der Waals surface area contributed by atoms with Gasteiger partial charge in [-0.1, -0.05) is 96.6 Å². The summed E-state index contributed by atoms with van der Waals surface area (Å²) in [6.07, 6.45) is 0.298. The number of fused-ring (bicyclic) bond motifs is 4. The fraction of sp³-hybridized carbons (Fsp3) is 0.0833. The van der Waals surface area contributed by atoms with E-state index in [4.69, 9.17) is 9.47 Å². The first-order valence-electron chi connectivity index (χ1n) is 13.2. The molecule has 0 saturated heterocycles. The Hall–Kier alpha value is -5.33. The van der Waals surface area contributed by atoms with Crippen molar-refractivity contribution in [1.29, 1.82) is 0 Å². The Morgan fingerprint density at radius 3 is 1.46 bits per heavy atom. The highest BCUT2D eigenvalue weighted by Gasteiger charge is 2.40. The van der Waals surface area contributed by atoms with Crippen molar-refractivity contribution in [2.24, 2.45) is 0 Å². The quantitative estimate of drug-likeness (QED) is 0.256. The summed E-state index contributed by atoms with van der Waals surface area (Å²) < 4.78 is 12.0. The highest BCUT2D eigenvalue weighted by Crippen LogP contribution is 2.47. The lowest BCUT2D eigenvalue weighted by Gasteiger charge is -2.32. The molecule has 5 heteroatoms. The molecule has 0 radical (unpaired) electrons. The Labute approximate surface area is 237 Å². The minimum absolute atomic E-state index is 0.298. The molecule has 5 nitrogen and oxygen atoms in total. The van der Waals surface area contributed by atoms with E-state index in [1.54, 1.807) is 6.07 Å². The lowest BCUT2D eigenvalue weighted by molar-refractivity contribution is 0.131. The van der Waals surface area contributed by atoms with Crippen LogP contribution < -0.4 is 9.47 Å². The summed E-state index contributed by atoms with van der Waals surface area (Å²) in [4.78, 5) is 4.67. The van der Waals surface area contributed by atoms with Gasteiger partial charge < -0.3 is 19.7 Å². The number of rotatable bonds is 1. The minimum atomic E-state index is -1.56. The van der Waals surface area contributed by atoms with Crippen LogP contribution in [0.5, 0.6) is 23.0 Å². The molecule has 2 aliphatic rings. The minimum Gasteiger partial charge on any atom is -0.456 e. The van der Waals surface area contributed by atoms with Gasteiger partial charge in [-0.2, -0.15) is 0 Å². The first-order chi connectivity index (χ1) is 20.0. The average Bonchev–Trinajstić information content (AvgIpc) is 3.01. The Morgan fingerprint density at radius 2 is 0.976 bits per heavy atom. The first-order valence-corrected chi connectivity index (χ1v) is 13.2. The molecular formula is C36H23NO4. The molecule has 196 valence electrons. The van der Waals surface area contributed by atoms with Gasteiger partial charge in [0.25, 0.3) is 0 Å². The number of ether oxygens (including phenoxy) is 2. The molecule has 2 N–H and O–H groups in total. The van der Waals surface area contributed by atoms with Crippen molar-refractivity contribution < 1.29 is 19.7 Å². The van der Waals surface area contributed by atoms with Crippen molar-refractivity contribution >= 4 is 0 Å². The largest absolute Gasteiger partial charge is 0.456 e. The van der Waals surface area contributed by atoms with Crippen LogP contribution in [-0.4, -0.2) is 15.2 Å². The summed E-state index contributed by atoms with van der Waals surface area (Å²) in [5.74, 6) is 14.6. The fourth-order valence-electron chi connectivity index (χ4n) is 5.28. The Balaban J connectivity index is 1.21. The molecule has 5 aromatic rings. The van der Waals surface area contributed by atoms with Crippen LogP contribution in [0.4, 0.5) is 0 Å². The predicted molar refractivity (Wildman–Crippen MR) is 155 cm³/mol. The number of nitrogens with zero attached hydrogens (tertiary/aromatic N) is 1. The smallest absolute Gasteiger partial charge is 0.184 e. The highest BCUT2D eigenvalue weighted by molar-refractivity contribution is 5.61.